The molecule has 0 aliphatic rings. The number of hydrogen-bond donors (Lipinski definition) is 1. The van der Waals surface area contributed by atoms with Gasteiger partial charge in [-0.05, 0) is 51.0 Å². The van der Waals surface area contributed by atoms with Crippen molar-refractivity contribution in [3.8, 4) is 11.3 Å². The molecule has 0 saturated carbocycles. The number of aromatic nitrogens is 3. The van der Waals surface area contributed by atoms with Crippen molar-refractivity contribution in [1.82, 2.24) is 19.9 Å². The molecule has 0 bridgehead atoms. The van der Waals surface area contributed by atoms with Crippen molar-refractivity contribution in [2.45, 2.75) is 39.8 Å². The van der Waals surface area contributed by atoms with Gasteiger partial charge in [0.1, 0.15) is 11.9 Å². The van der Waals surface area contributed by atoms with Crippen LogP contribution in [0.4, 0.5) is 4.79 Å². The third-order valence-corrected chi connectivity index (χ3v) is 4.27. The largest absolute Gasteiger partial charge is 0.465 e. The Morgan fingerprint density at radius 1 is 1.21 bits per heavy atom. The number of nitrogens with one attached hydrogen (secondary N) is 1. The summed E-state index contributed by atoms with van der Waals surface area (Å²) >= 11 is 0. The van der Waals surface area contributed by atoms with Crippen molar-refractivity contribution in [3.63, 3.8) is 0 Å². The molecule has 8 heteroatoms. The van der Waals surface area contributed by atoms with Crippen molar-refractivity contribution >= 4 is 17.6 Å². The normalized spacial score (nSPS) is 11.3. The first-order valence-electron chi connectivity index (χ1n) is 9.16. The molecule has 152 valence electrons. The molecule has 0 fully saturated rings. The van der Waals surface area contributed by atoms with Crippen molar-refractivity contribution in [1.29, 1.82) is 0 Å². The first kappa shape index (κ1) is 20.3. The van der Waals surface area contributed by atoms with Crippen molar-refractivity contribution in [2.24, 2.45) is 0 Å². The van der Waals surface area contributed by atoms with Gasteiger partial charge in [0.25, 0.3) is 0 Å². The standard InChI is InChI=1S/C21H24N4O4/c1-13-8-14(6-7-15(13)10-22-20(27)29-21(2,3)4)18-17-9-16(19(26)28-5)11-25(17)24-12-23-18/h6-9,11-12H,10H2,1-5H3,(H,22,27). The van der Waals surface area contributed by atoms with E-state index in [1.165, 1.54) is 13.4 Å². The number of carbonyl (C=O) groups excluding carboxylic acids is 2. The molecule has 29 heavy (non-hydrogen) atoms. The summed E-state index contributed by atoms with van der Waals surface area (Å²) in [5.74, 6) is -0.429. The molecule has 3 rings (SSSR count). The minimum atomic E-state index is -0.540. The maximum absolute atomic E-state index is 11.9. The third-order valence-electron chi connectivity index (χ3n) is 4.27. The highest BCUT2D eigenvalue weighted by Crippen LogP contribution is 2.25. The van der Waals surface area contributed by atoms with Gasteiger partial charge in [-0.2, -0.15) is 5.10 Å². The zero-order valence-corrected chi connectivity index (χ0v) is 17.1. The average Bonchev–Trinajstić information content (AvgIpc) is 3.09. The lowest BCUT2D eigenvalue weighted by atomic mass is 10.0. The quantitative estimate of drug-likeness (QED) is 0.678. The molecular weight excluding hydrogens is 372 g/mol. The fraction of sp³-hybridized carbons (Fsp3) is 0.333. The number of ether oxygens (including phenoxy) is 2. The fourth-order valence-corrected chi connectivity index (χ4v) is 2.90. The first-order chi connectivity index (χ1) is 13.7. The lowest BCUT2D eigenvalue weighted by molar-refractivity contribution is 0.0522. The van der Waals surface area contributed by atoms with Crippen LogP contribution in [0.3, 0.4) is 0 Å². The van der Waals surface area contributed by atoms with E-state index in [4.69, 9.17) is 9.47 Å². The molecule has 0 aliphatic carbocycles. The Labute approximate surface area is 168 Å². The average molecular weight is 396 g/mol. The van der Waals surface area contributed by atoms with E-state index in [1.54, 1.807) is 16.8 Å². The summed E-state index contributed by atoms with van der Waals surface area (Å²) in [6.45, 7) is 7.79. The van der Waals surface area contributed by atoms with Crippen molar-refractivity contribution in [2.75, 3.05) is 7.11 Å². The van der Waals surface area contributed by atoms with Gasteiger partial charge in [-0.3, -0.25) is 0 Å². The second-order valence-electron chi connectivity index (χ2n) is 7.66. The number of amides is 1. The molecule has 0 unspecified atom stereocenters. The van der Waals surface area contributed by atoms with Crippen molar-refractivity contribution in [3.05, 3.63) is 53.5 Å². The summed E-state index contributed by atoms with van der Waals surface area (Å²) in [6.07, 6.45) is 2.59. The lowest BCUT2D eigenvalue weighted by Gasteiger charge is -2.20. The van der Waals surface area contributed by atoms with Gasteiger partial charge in [0.2, 0.25) is 0 Å². The number of nitrogens with zero attached hydrogens (tertiary/aromatic N) is 3. The van der Waals surface area contributed by atoms with Gasteiger partial charge in [-0.15, -0.1) is 0 Å². The summed E-state index contributed by atoms with van der Waals surface area (Å²) in [5.41, 5.74) is 4.11. The Morgan fingerprint density at radius 3 is 2.62 bits per heavy atom. The molecule has 0 radical (unpaired) electrons. The predicted octanol–water partition coefficient (Wildman–Crippen LogP) is 3.52. The Kier molecular flexibility index (Phi) is 5.54. The van der Waals surface area contributed by atoms with Crippen LogP contribution in [0.15, 0.2) is 36.8 Å². The van der Waals surface area contributed by atoms with Crippen LogP contribution in [0.2, 0.25) is 0 Å². The minimum Gasteiger partial charge on any atom is -0.465 e. The van der Waals surface area contributed by atoms with E-state index in [9.17, 15) is 9.59 Å². The van der Waals surface area contributed by atoms with E-state index in [0.29, 0.717) is 23.3 Å². The SMILES string of the molecule is COC(=O)c1cc2c(-c3ccc(CNC(=O)OC(C)(C)C)c(C)c3)ncnn2c1. The number of fused-ring (bicyclic) bond motifs is 1. The molecule has 0 spiro atoms. The Hall–Kier alpha value is -3.42. The zero-order chi connectivity index (χ0) is 21.2. The third kappa shape index (κ3) is 4.71. The Balaban J connectivity index is 1.84. The van der Waals surface area contributed by atoms with Gasteiger partial charge in [0, 0.05) is 18.3 Å². The van der Waals surface area contributed by atoms with Crippen LogP contribution in [-0.4, -0.2) is 39.4 Å². The highest BCUT2D eigenvalue weighted by molar-refractivity contribution is 5.92. The molecule has 0 atom stereocenters. The Bertz CT molecular complexity index is 1070. The smallest absolute Gasteiger partial charge is 0.407 e. The van der Waals surface area contributed by atoms with Crippen LogP contribution in [0.5, 0.6) is 0 Å². The van der Waals surface area contributed by atoms with Gasteiger partial charge < -0.3 is 14.8 Å². The van der Waals surface area contributed by atoms with Crippen LogP contribution >= 0.6 is 0 Å². The van der Waals surface area contributed by atoms with E-state index in [2.05, 4.69) is 15.4 Å². The molecule has 2 aromatic heterocycles. The van der Waals surface area contributed by atoms with Crippen molar-refractivity contribution < 1.29 is 19.1 Å². The monoisotopic (exact) mass is 396 g/mol. The maximum Gasteiger partial charge on any atom is 0.407 e. The van der Waals surface area contributed by atoms with Gasteiger partial charge in [-0.1, -0.05) is 12.1 Å². The highest BCUT2D eigenvalue weighted by Gasteiger charge is 2.17. The van der Waals surface area contributed by atoms with Gasteiger partial charge in [-0.25, -0.2) is 19.1 Å². The number of carbonyl (C=O) groups is 2. The van der Waals surface area contributed by atoms with Gasteiger partial charge in [0.15, 0.2) is 0 Å². The number of methoxy groups -OCH3 is 1. The van der Waals surface area contributed by atoms with Crippen LogP contribution in [-0.2, 0) is 16.0 Å². The molecule has 3 aromatic rings. The van der Waals surface area contributed by atoms with E-state index in [0.717, 1.165) is 16.7 Å². The van der Waals surface area contributed by atoms with E-state index in [1.807, 2.05) is 45.9 Å². The van der Waals surface area contributed by atoms with Gasteiger partial charge >= 0.3 is 12.1 Å². The molecule has 0 saturated heterocycles. The van der Waals surface area contributed by atoms with Crippen LogP contribution < -0.4 is 5.32 Å². The minimum absolute atomic E-state index is 0.359. The summed E-state index contributed by atoms with van der Waals surface area (Å²) in [6, 6.07) is 7.55. The first-order valence-corrected chi connectivity index (χ1v) is 9.16. The van der Waals surface area contributed by atoms with E-state index in [-0.39, 0.29) is 0 Å². The molecule has 1 aromatic carbocycles. The molecule has 1 amide bonds. The van der Waals surface area contributed by atoms with Crippen LogP contribution in [0, 0.1) is 6.92 Å². The Morgan fingerprint density at radius 2 is 1.97 bits per heavy atom. The molecule has 2 heterocycles. The number of rotatable bonds is 4. The predicted molar refractivity (Wildman–Crippen MR) is 108 cm³/mol. The zero-order valence-electron chi connectivity index (χ0n) is 17.1. The molecule has 8 nitrogen and oxygen atoms in total. The van der Waals surface area contributed by atoms with Crippen LogP contribution in [0.1, 0.15) is 42.3 Å². The summed E-state index contributed by atoms with van der Waals surface area (Å²) in [7, 11) is 1.34. The number of esters is 1. The number of benzene rings is 1. The second-order valence-corrected chi connectivity index (χ2v) is 7.66. The number of alkyl carbamates (subject to hydrolysis) is 1. The van der Waals surface area contributed by atoms with Gasteiger partial charge in [0.05, 0.1) is 23.9 Å². The lowest BCUT2D eigenvalue weighted by Crippen LogP contribution is -2.32. The molecule has 0 aliphatic heterocycles. The molecular formula is C21H24N4O4. The summed E-state index contributed by atoms with van der Waals surface area (Å²) in [4.78, 5) is 28.1. The van der Waals surface area contributed by atoms with E-state index < -0.39 is 17.7 Å². The van der Waals surface area contributed by atoms with Crippen LogP contribution in [0.25, 0.3) is 16.8 Å². The highest BCUT2D eigenvalue weighted by atomic mass is 16.6. The summed E-state index contributed by atoms with van der Waals surface area (Å²) < 4.78 is 11.6. The maximum atomic E-state index is 11.9. The number of hydrogen-bond acceptors (Lipinski definition) is 6. The topological polar surface area (TPSA) is 94.8 Å². The summed E-state index contributed by atoms with van der Waals surface area (Å²) in [5, 5.41) is 6.92. The fourth-order valence-electron chi connectivity index (χ4n) is 2.90. The number of aryl methyl sites for hydroxylation is 1. The molecule has 1 N–H and O–H groups in total. The van der Waals surface area contributed by atoms with E-state index >= 15 is 0 Å². The second kappa shape index (κ2) is 7.90.